The predicted octanol–water partition coefficient (Wildman–Crippen LogP) is -0.869. The lowest BCUT2D eigenvalue weighted by Gasteiger charge is -2.03. The van der Waals surface area contributed by atoms with E-state index in [1.54, 1.807) is 14.2 Å². The van der Waals surface area contributed by atoms with Crippen LogP contribution in [0.4, 0.5) is 13.2 Å². The van der Waals surface area contributed by atoms with Gasteiger partial charge in [0.05, 0.1) is 14.2 Å². The van der Waals surface area contributed by atoms with Crippen LogP contribution in [0.1, 0.15) is 0 Å². The van der Waals surface area contributed by atoms with E-state index in [0.717, 1.165) is 11.5 Å². The van der Waals surface area contributed by atoms with Crippen molar-refractivity contribution in [1.82, 2.24) is 0 Å². The summed E-state index contributed by atoms with van der Waals surface area (Å²) in [7, 11) is 3.37. The monoisotopic (exact) mass is 454 g/mol. The van der Waals surface area contributed by atoms with Crippen molar-refractivity contribution in [3.63, 3.8) is 0 Å². The van der Waals surface area contributed by atoms with Crippen molar-refractivity contribution in [2.75, 3.05) is 14.2 Å². The Morgan fingerprint density at radius 2 is 1.62 bits per heavy atom. The Morgan fingerprint density at radius 1 is 1.04 bits per heavy atom. The Hall–Kier alpha value is -1.97. The fraction of sp³-hybridized carbons (Fsp3) is 0.188. The molecular formula is C16H14F3IO4. The molecular weight excluding hydrogens is 440 g/mol. The summed E-state index contributed by atoms with van der Waals surface area (Å²) in [6.07, 6.45) is -5.19. The molecule has 0 spiro atoms. The van der Waals surface area contributed by atoms with E-state index in [1.807, 2.05) is 18.2 Å². The molecule has 0 saturated carbocycles. The van der Waals surface area contributed by atoms with Gasteiger partial charge in [-0.3, -0.25) is 0 Å². The fourth-order valence-corrected chi connectivity index (χ4v) is 3.89. The topological polar surface area (TPSA) is 58.6 Å². The third-order valence-corrected chi connectivity index (χ3v) is 5.35. The molecule has 24 heavy (non-hydrogen) atoms. The molecule has 0 aliphatic rings. The van der Waals surface area contributed by atoms with Crippen LogP contribution in [-0.2, 0) is 4.79 Å². The molecule has 0 saturated heterocycles. The van der Waals surface area contributed by atoms with E-state index >= 15 is 0 Å². The first-order chi connectivity index (χ1) is 11.3. The van der Waals surface area contributed by atoms with Gasteiger partial charge in [-0.05, 0) is 24.3 Å². The molecule has 0 unspecified atom stereocenters. The highest BCUT2D eigenvalue weighted by Gasteiger charge is 2.28. The number of ether oxygens (including phenoxy) is 2. The fourth-order valence-electron chi connectivity index (χ4n) is 1.44. The SMILES string of the molecule is COc1ccc([I+]c2ccccc2)c(OC)c1.O=C([O-])C(F)(F)F. The second kappa shape index (κ2) is 9.36. The van der Waals surface area contributed by atoms with Crippen LogP contribution < -0.4 is 35.8 Å². The average molecular weight is 454 g/mol. The molecule has 2 rings (SSSR count). The van der Waals surface area contributed by atoms with Crippen molar-refractivity contribution in [2.24, 2.45) is 0 Å². The van der Waals surface area contributed by atoms with Gasteiger partial charge in [-0.1, -0.05) is 18.2 Å². The van der Waals surface area contributed by atoms with Gasteiger partial charge in [-0.2, -0.15) is 13.2 Å². The summed E-state index contributed by atoms with van der Waals surface area (Å²) in [5.74, 6) is -1.25. The molecule has 0 radical (unpaired) electrons. The number of halogens is 4. The molecule has 0 fully saturated rings. The molecule has 2 aromatic carbocycles. The van der Waals surface area contributed by atoms with E-state index in [9.17, 15) is 13.2 Å². The highest BCUT2D eigenvalue weighted by molar-refractivity contribution is 5.70. The Kier molecular flexibility index (Phi) is 7.83. The standard InChI is InChI=1S/C14H14IO2.C2HF3O2/c1-16-12-8-9-13(14(10-12)17-2)15-11-6-4-3-5-7-11;3-2(4,5)1(6)7/h3-10H,1-2H3;(H,6,7)/q+1;/p-1. The molecule has 0 aliphatic heterocycles. The molecule has 0 bridgehead atoms. The molecule has 4 nitrogen and oxygen atoms in total. The van der Waals surface area contributed by atoms with Crippen molar-refractivity contribution in [3.8, 4) is 11.5 Å². The first kappa shape index (κ1) is 20.1. The lowest BCUT2D eigenvalue weighted by Crippen LogP contribution is -3.61. The number of aliphatic carboxylic acids is 1. The van der Waals surface area contributed by atoms with Gasteiger partial charge in [-0.15, -0.1) is 0 Å². The number of carboxylic acids is 1. The molecule has 0 atom stereocenters. The van der Waals surface area contributed by atoms with Crippen LogP contribution in [0.15, 0.2) is 48.5 Å². The summed E-state index contributed by atoms with van der Waals surface area (Å²) in [6, 6.07) is 16.5. The quantitative estimate of drug-likeness (QED) is 0.565. The Labute approximate surface area is 147 Å². The van der Waals surface area contributed by atoms with Crippen molar-refractivity contribution < 1.29 is 53.8 Å². The van der Waals surface area contributed by atoms with Crippen LogP contribution in [0.2, 0.25) is 0 Å². The van der Waals surface area contributed by atoms with E-state index in [0.29, 0.717) is 0 Å². The number of hydrogen-bond acceptors (Lipinski definition) is 4. The maximum absolute atomic E-state index is 10.5. The maximum atomic E-state index is 10.5. The minimum atomic E-state index is -5.19. The number of rotatable bonds is 4. The predicted molar refractivity (Wildman–Crippen MR) is 74.4 cm³/mol. The average Bonchev–Trinajstić information content (AvgIpc) is 2.56. The maximum Gasteiger partial charge on any atom is 0.430 e. The van der Waals surface area contributed by atoms with Gasteiger partial charge < -0.3 is 19.4 Å². The molecule has 0 aromatic heterocycles. The third kappa shape index (κ3) is 6.65. The van der Waals surface area contributed by atoms with Gasteiger partial charge in [0.2, 0.25) is 3.57 Å². The van der Waals surface area contributed by atoms with Crippen LogP contribution in [0.5, 0.6) is 11.5 Å². The normalized spacial score (nSPS) is 10.4. The lowest BCUT2D eigenvalue weighted by atomic mass is 10.3. The molecule has 0 heterocycles. The van der Waals surface area contributed by atoms with Crippen molar-refractivity contribution >= 4 is 5.97 Å². The van der Waals surface area contributed by atoms with Gasteiger partial charge in [0.1, 0.15) is 11.7 Å². The van der Waals surface area contributed by atoms with Crippen molar-refractivity contribution in [1.29, 1.82) is 0 Å². The summed E-state index contributed by atoms with van der Waals surface area (Å²) < 4.78 is 44.8. The van der Waals surface area contributed by atoms with Gasteiger partial charge in [0.15, 0.2) is 9.32 Å². The van der Waals surface area contributed by atoms with E-state index in [-0.39, 0.29) is 21.2 Å². The zero-order chi connectivity index (χ0) is 18.2. The van der Waals surface area contributed by atoms with Crippen molar-refractivity contribution in [2.45, 2.75) is 6.18 Å². The van der Waals surface area contributed by atoms with Crippen molar-refractivity contribution in [3.05, 3.63) is 55.7 Å². The zero-order valence-electron chi connectivity index (χ0n) is 12.8. The number of carbonyl (C=O) groups excluding carboxylic acids is 1. The Bertz CT molecular complexity index is 660. The number of benzene rings is 2. The minimum Gasteiger partial charge on any atom is -0.542 e. The number of hydrogen-bond donors (Lipinski definition) is 0. The van der Waals surface area contributed by atoms with Gasteiger partial charge in [0, 0.05) is 6.07 Å². The molecule has 2 aromatic rings. The van der Waals surface area contributed by atoms with Crippen LogP contribution in [0.25, 0.3) is 0 Å². The second-order valence-corrected chi connectivity index (χ2v) is 7.12. The minimum absolute atomic E-state index is 0.198. The number of carboxylic acid groups (broad SMARTS) is 1. The summed E-state index contributed by atoms with van der Waals surface area (Å²) >= 11 is -0.198. The summed E-state index contributed by atoms with van der Waals surface area (Å²) in [5.41, 5.74) is 0. The third-order valence-electron chi connectivity index (χ3n) is 2.53. The Balaban J connectivity index is 0.000000351. The molecule has 8 heteroatoms. The summed E-state index contributed by atoms with van der Waals surface area (Å²) in [6.45, 7) is 0. The molecule has 0 aliphatic carbocycles. The van der Waals surface area contributed by atoms with E-state index in [4.69, 9.17) is 19.4 Å². The molecule has 0 amide bonds. The smallest absolute Gasteiger partial charge is 0.430 e. The summed E-state index contributed by atoms with van der Waals surface area (Å²) in [5, 5.41) is 8.78. The number of carbonyl (C=O) groups is 1. The van der Waals surface area contributed by atoms with Crippen LogP contribution in [0.3, 0.4) is 0 Å². The first-order valence-electron chi connectivity index (χ1n) is 6.48. The number of methoxy groups -OCH3 is 2. The van der Waals surface area contributed by atoms with E-state index < -0.39 is 12.1 Å². The van der Waals surface area contributed by atoms with Crippen LogP contribution >= 0.6 is 0 Å². The van der Waals surface area contributed by atoms with Gasteiger partial charge in [0.25, 0.3) is 0 Å². The van der Waals surface area contributed by atoms with E-state index in [2.05, 4.69) is 30.3 Å². The van der Waals surface area contributed by atoms with Crippen LogP contribution in [0, 0.1) is 7.14 Å². The Morgan fingerprint density at radius 3 is 2.08 bits per heavy atom. The van der Waals surface area contributed by atoms with Gasteiger partial charge in [-0.25, -0.2) is 0 Å². The largest absolute Gasteiger partial charge is 0.542 e. The molecule has 0 N–H and O–H groups in total. The highest BCUT2D eigenvalue weighted by Crippen LogP contribution is 2.18. The van der Waals surface area contributed by atoms with Gasteiger partial charge >= 0.3 is 27.4 Å². The second-order valence-electron chi connectivity index (χ2n) is 4.18. The lowest BCUT2D eigenvalue weighted by molar-refractivity contribution is -0.598. The highest BCUT2D eigenvalue weighted by atomic mass is 127. The zero-order valence-corrected chi connectivity index (χ0v) is 14.9. The summed E-state index contributed by atoms with van der Waals surface area (Å²) in [4.78, 5) is 8.78. The number of alkyl halides is 3. The molecule has 130 valence electrons. The first-order valence-corrected chi connectivity index (χ1v) is 8.63. The van der Waals surface area contributed by atoms with Crippen LogP contribution in [-0.4, -0.2) is 26.4 Å². The van der Waals surface area contributed by atoms with E-state index in [1.165, 1.54) is 7.14 Å².